The largest absolute Gasteiger partial charge is 0.493 e. The predicted molar refractivity (Wildman–Crippen MR) is 132 cm³/mol. The van der Waals surface area contributed by atoms with Crippen molar-refractivity contribution < 1.29 is 14.3 Å². The Kier molecular flexibility index (Phi) is 10.4. The Hall–Kier alpha value is -2.53. The summed E-state index contributed by atoms with van der Waals surface area (Å²) >= 11 is 1.39. The van der Waals surface area contributed by atoms with Crippen LogP contribution < -0.4 is 4.74 Å². The maximum Gasteiger partial charge on any atom is 0.306 e. The van der Waals surface area contributed by atoms with E-state index in [4.69, 9.17) is 9.47 Å². The second-order valence-electron chi connectivity index (χ2n) is 7.27. The molecule has 0 bridgehead atoms. The predicted octanol–water partition coefficient (Wildman–Crippen LogP) is 6.52. The van der Waals surface area contributed by atoms with Crippen LogP contribution in [0.1, 0.15) is 54.5 Å². The first kappa shape index (κ1) is 24.7. The molecule has 166 valence electrons. The number of ether oxygens (including phenoxy) is 2. The quantitative estimate of drug-likeness (QED) is 0.163. The smallest absolute Gasteiger partial charge is 0.306 e. The summed E-state index contributed by atoms with van der Waals surface area (Å²) in [6.07, 6.45) is 4.70. The molecule has 0 heterocycles. The lowest BCUT2D eigenvalue weighted by Gasteiger charge is -2.14. The van der Waals surface area contributed by atoms with E-state index < -0.39 is 0 Å². The fourth-order valence-corrected chi connectivity index (χ4v) is 3.65. The molecule has 2 aromatic carbocycles. The lowest BCUT2D eigenvalue weighted by molar-refractivity contribution is -0.143. The van der Waals surface area contributed by atoms with Crippen molar-refractivity contribution in [1.29, 1.82) is 0 Å². The number of benzene rings is 2. The Morgan fingerprint density at radius 1 is 1.10 bits per heavy atom. The van der Waals surface area contributed by atoms with Crippen LogP contribution in [0.25, 0.3) is 4.91 Å². The molecule has 0 amide bonds. The van der Waals surface area contributed by atoms with Crippen molar-refractivity contribution in [2.24, 2.45) is 4.40 Å². The number of rotatable bonds is 12. The molecule has 0 aliphatic heterocycles. The Bertz CT molecular complexity index is 904. The van der Waals surface area contributed by atoms with Crippen molar-refractivity contribution in [3.05, 3.63) is 70.8 Å². The minimum absolute atomic E-state index is 0.155. The number of esters is 1. The van der Waals surface area contributed by atoms with Gasteiger partial charge in [-0.25, -0.2) is 4.40 Å². The highest BCUT2D eigenvalue weighted by Crippen LogP contribution is 2.27. The van der Waals surface area contributed by atoms with Gasteiger partial charge < -0.3 is 9.47 Å². The van der Waals surface area contributed by atoms with Crippen LogP contribution in [0.3, 0.4) is 0 Å². The van der Waals surface area contributed by atoms with Gasteiger partial charge in [0, 0.05) is 35.9 Å². The summed E-state index contributed by atoms with van der Waals surface area (Å²) in [5.74, 6) is 0.719. The number of nitrogens with zero attached hydrogens (tertiary/aromatic N) is 1. The fourth-order valence-electron chi connectivity index (χ4n) is 3.10. The Balaban J connectivity index is 1.77. The average molecular weight is 440 g/mol. The summed E-state index contributed by atoms with van der Waals surface area (Å²) in [5.41, 5.74) is 5.85. The van der Waals surface area contributed by atoms with E-state index in [1.54, 1.807) is 0 Å². The molecule has 0 fully saturated rings. The first-order valence-corrected chi connectivity index (χ1v) is 11.6. The van der Waals surface area contributed by atoms with Gasteiger partial charge in [-0.05, 0) is 67.5 Å². The third-order valence-electron chi connectivity index (χ3n) is 5.18. The third-order valence-corrected chi connectivity index (χ3v) is 5.89. The highest BCUT2D eigenvalue weighted by Gasteiger charge is 2.10. The molecule has 31 heavy (non-hydrogen) atoms. The fraction of sp³-hybridized carbons (Fsp3) is 0.385. The van der Waals surface area contributed by atoms with E-state index >= 15 is 0 Å². The molecule has 0 aromatic heterocycles. The van der Waals surface area contributed by atoms with Crippen molar-refractivity contribution in [1.82, 2.24) is 0 Å². The van der Waals surface area contributed by atoms with Gasteiger partial charge in [0.15, 0.2) is 0 Å². The van der Waals surface area contributed by atoms with Crippen LogP contribution in [0.5, 0.6) is 5.75 Å². The second kappa shape index (κ2) is 13.0. The van der Waals surface area contributed by atoms with Gasteiger partial charge in [0.2, 0.25) is 0 Å². The first-order chi connectivity index (χ1) is 15.0. The molecule has 0 saturated heterocycles. The van der Waals surface area contributed by atoms with Crippen LogP contribution in [0, 0.1) is 13.8 Å². The van der Waals surface area contributed by atoms with Crippen LogP contribution in [-0.4, -0.2) is 25.4 Å². The summed E-state index contributed by atoms with van der Waals surface area (Å²) in [6.45, 7) is 13.2. The molecular formula is C26H33NO3S. The summed E-state index contributed by atoms with van der Waals surface area (Å²) < 4.78 is 15.3. The zero-order valence-corrected chi connectivity index (χ0v) is 19.9. The van der Waals surface area contributed by atoms with Gasteiger partial charge in [-0.15, -0.1) is 0 Å². The average Bonchev–Trinajstić information content (AvgIpc) is 2.78. The second-order valence-corrected chi connectivity index (χ2v) is 8.15. The third kappa shape index (κ3) is 7.91. The maximum absolute atomic E-state index is 11.6. The van der Waals surface area contributed by atoms with Crippen LogP contribution in [-0.2, 0) is 22.4 Å². The SMILES string of the molecule is C=C(SN=CCCOc1ccc(CCC(=O)OCC)c(C)c1C)c1ccc(CC)cc1. The lowest BCUT2D eigenvalue weighted by Crippen LogP contribution is -2.07. The zero-order valence-electron chi connectivity index (χ0n) is 19.1. The molecule has 0 saturated carbocycles. The molecule has 0 N–H and O–H groups in total. The minimum Gasteiger partial charge on any atom is -0.493 e. The van der Waals surface area contributed by atoms with Gasteiger partial charge in [-0.3, -0.25) is 4.79 Å². The highest BCUT2D eigenvalue weighted by atomic mass is 32.2. The van der Waals surface area contributed by atoms with E-state index in [2.05, 4.69) is 56.0 Å². The van der Waals surface area contributed by atoms with Gasteiger partial charge in [-0.1, -0.05) is 43.8 Å². The minimum atomic E-state index is -0.155. The number of hydrogen-bond donors (Lipinski definition) is 0. The molecule has 0 atom stereocenters. The number of carbonyl (C=O) groups is 1. The number of carbonyl (C=O) groups excluding carboxylic acids is 1. The first-order valence-electron chi connectivity index (χ1n) is 10.8. The van der Waals surface area contributed by atoms with Crippen molar-refractivity contribution in [2.45, 2.75) is 53.4 Å². The summed E-state index contributed by atoms with van der Waals surface area (Å²) in [5, 5.41) is 0. The van der Waals surface area contributed by atoms with Crippen molar-refractivity contribution in [2.75, 3.05) is 13.2 Å². The maximum atomic E-state index is 11.6. The van der Waals surface area contributed by atoms with E-state index in [1.807, 2.05) is 25.3 Å². The molecule has 0 aliphatic carbocycles. The van der Waals surface area contributed by atoms with E-state index in [1.165, 1.54) is 17.5 Å². The molecule has 0 radical (unpaired) electrons. The van der Waals surface area contributed by atoms with Crippen molar-refractivity contribution in [3.63, 3.8) is 0 Å². The summed E-state index contributed by atoms with van der Waals surface area (Å²) in [7, 11) is 0. The van der Waals surface area contributed by atoms with E-state index in [0.29, 0.717) is 26.1 Å². The normalized spacial score (nSPS) is 11.0. The van der Waals surface area contributed by atoms with Gasteiger partial charge in [0.1, 0.15) is 5.75 Å². The van der Waals surface area contributed by atoms with E-state index in [9.17, 15) is 4.79 Å². The van der Waals surface area contributed by atoms with E-state index in [0.717, 1.165) is 45.8 Å². The van der Waals surface area contributed by atoms with Crippen molar-refractivity contribution >= 4 is 29.0 Å². The van der Waals surface area contributed by atoms with Crippen LogP contribution in [0.15, 0.2) is 47.4 Å². The molecule has 0 spiro atoms. The molecule has 4 nitrogen and oxygen atoms in total. The van der Waals surface area contributed by atoms with Crippen LogP contribution >= 0.6 is 11.9 Å². The van der Waals surface area contributed by atoms with E-state index in [-0.39, 0.29) is 5.97 Å². The van der Waals surface area contributed by atoms with Gasteiger partial charge in [-0.2, -0.15) is 0 Å². The highest BCUT2D eigenvalue weighted by molar-refractivity contribution is 8.07. The summed E-state index contributed by atoms with van der Waals surface area (Å²) in [4.78, 5) is 12.5. The number of hydrogen-bond acceptors (Lipinski definition) is 5. The molecule has 5 heteroatoms. The Morgan fingerprint density at radius 2 is 1.84 bits per heavy atom. The van der Waals surface area contributed by atoms with Crippen LogP contribution in [0.2, 0.25) is 0 Å². The molecule has 0 aliphatic rings. The Labute approximate surface area is 190 Å². The van der Waals surface area contributed by atoms with Gasteiger partial charge >= 0.3 is 5.97 Å². The number of aryl methyl sites for hydroxylation is 2. The zero-order chi connectivity index (χ0) is 22.6. The van der Waals surface area contributed by atoms with Gasteiger partial charge in [0.05, 0.1) is 13.2 Å². The monoisotopic (exact) mass is 439 g/mol. The van der Waals surface area contributed by atoms with Crippen molar-refractivity contribution in [3.8, 4) is 5.75 Å². The van der Waals surface area contributed by atoms with Crippen LogP contribution in [0.4, 0.5) is 0 Å². The summed E-state index contributed by atoms with van der Waals surface area (Å²) in [6, 6.07) is 12.5. The molecular weight excluding hydrogens is 406 g/mol. The van der Waals surface area contributed by atoms with Gasteiger partial charge in [0.25, 0.3) is 0 Å². The molecule has 0 unspecified atom stereocenters. The standard InChI is InChI=1S/C26H33NO3S/c1-6-22-9-11-24(12-10-22)21(5)31-27-17-8-18-30-25-15-13-23(19(3)20(25)4)14-16-26(28)29-7-2/h9-13,15,17H,5-8,14,16,18H2,1-4H3. The topological polar surface area (TPSA) is 47.9 Å². The molecule has 2 rings (SSSR count). The lowest BCUT2D eigenvalue weighted by atomic mass is 9.99. The Morgan fingerprint density at radius 3 is 2.52 bits per heavy atom. The molecule has 2 aromatic rings.